The Morgan fingerprint density at radius 3 is 2.71 bits per heavy atom. The number of nitrogens with zero attached hydrogens (tertiary/aromatic N) is 2. The number of para-hydroxylation sites is 2. The van der Waals surface area contributed by atoms with Crippen LogP contribution < -0.4 is 10.9 Å². The number of hydrogen-bond acceptors (Lipinski definition) is 3. The van der Waals surface area contributed by atoms with Gasteiger partial charge in [0, 0.05) is 4.47 Å². The minimum Gasteiger partial charge on any atom is -0.348 e. The van der Waals surface area contributed by atoms with Crippen LogP contribution >= 0.6 is 15.9 Å². The number of benzene rings is 2. The Balaban J connectivity index is 1.82. The highest BCUT2D eigenvalue weighted by Crippen LogP contribution is 2.22. The van der Waals surface area contributed by atoms with E-state index >= 15 is 0 Å². The molecule has 0 radical (unpaired) electrons. The molecule has 122 valence electrons. The molecule has 2 aromatic carbocycles. The number of amides is 1. The average molecular weight is 386 g/mol. The van der Waals surface area contributed by atoms with Crippen molar-refractivity contribution in [3.8, 4) is 0 Å². The Kier molecular flexibility index (Phi) is 4.76. The van der Waals surface area contributed by atoms with Gasteiger partial charge in [-0.1, -0.05) is 46.3 Å². The molecule has 0 aliphatic carbocycles. The third-order valence-electron chi connectivity index (χ3n) is 3.80. The predicted molar refractivity (Wildman–Crippen MR) is 96.7 cm³/mol. The van der Waals surface area contributed by atoms with Crippen molar-refractivity contribution in [2.75, 3.05) is 0 Å². The molecule has 0 bridgehead atoms. The van der Waals surface area contributed by atoms with Crippen LogP contribution in [-0.2, 0) is 11.3 Å². The molecule has 1 amide bonds. The Labute approximate surface area is 147 Å². The lowest BCUT2D eigenvalue weighted by Crippen LogP contribution is -2.34. The second-order valence-electron chi connectivity index (χ2n) is 5.48. The first-order valence-corrected chi connectivity index (χ1v) is 8.34. The molecule has 6 heteroatoms. The highest BCUT2D eigenvalue weighted by molar-refractivity contribution is 9.10. The molecule has 0 fully saturated rings. The maximum Gasteiger partial charge on any atom is 0.269 e. The number of nitrogens with one attached hydrogen (secondary N) is 1. The van der Waals surface area contributed by atoms with E-state index in [9.17, 15) is 9.59 Å². The van der Waals surface area contributed by atoms with E-state index in [-0.39, 0.29) is 24.1 Å². The van der Waals surface area contributed by atoms with Crippen LogP contribution in [0.2, 0.25) is 0 Å². The van der Waals surface area contributed by atoms with Crippen LogP contribution in [-0.4, -0.2) is 15.5 Å². The Bertz CT molecular complexity index is 952. The lowest BCUT2D eigenvalue weighted by Gasteiger charge is -2.17. The minimum atomic E-state index is -0.294. The molecule has 0 aliphatic heterocycles. The molecule has 0 spiro atoms. The van der Waals surface area contributed by atoms with Crippen LogP contribution in [0.15, 0.2) is 64.0 Å². The van der Waals surface area contributed by atoms with Gasteiger partial charge in [0.05, 0.1) is 23.3 Å². The van der Waals surface area contributed by atoms with Crippen molar-refractivity contribution in [2.24, 2.45) is 0 Å². The average Bonchev–Trinajstić information content (AvgIpc) is 2.58. The van der Waals surface area contributed by atoms with Crippen molar-refractivity contribution in [1.29, 1.82) is 0 Å². The number of aromatic nitrogens is 2. The highest BCUT2D eigenvalue weighted by atomic mass is 79.9. The quantitative estimate of drug-likeness (QED) is 0.750. The van der Waals surface area contributed by atoms with Crippen LogP contribution in [0.25, 0.3) is 11.0 Å². The molecule has 3 aromatic rings. The fourth-order valence-corrected chi connectivity index (χ4v) is 3.24. The molecule has 0 saturated carbocycles. The van der Waals surface area contributed by atoms with Crippen molar-refractivity contribution in [3.05, 3.63) is 75.1 Å². The number of fused-ring (bicyclic) bond motifs is 1. The minimum absolute atomic E-state index is 0.0450. The lowest BCUT2D eigenvalue weighted by molar-refractivity contribution is -0.122. The van der Waals surface area contributed by atoms with Crippen LogP contribution in [0.4, 0.5) is 0 Å². The van der Waals surface area contributed by atoms with Gasteiger partial charge in [-0.25, -0.2) is 4.98 Å². The summed E-state index contributed by atoms with van der Waals surface area (Å²) < 4.78 is 2.37. The van der Waals surface area contributed by atoms with E-state index in [2.05, 4.69) is 26.2 Å². The second kappa shape index (κ2) is 6.97. The van der Waals surface area contributed by atoms with E-state index in [0.29, 0.717) is 11.0 Å². The van der Waals surface area contributed by atoms with Crippen LogP contribution in [0.5, 0.6) is 0 Å². The molecule has 0 saturated heterocycles. The summed E-state index contributed by atoms with van der Waals surface area (Å²) in [5, 5.41) is 2.93. The van der Waals surface area contributed by atoms with Crippen molar-refractivity contribution < 1.29 is 4.79 Å². The van der Waals surface area contributed by atoms with Gasteiger partial charge in [0.15, 0.2) is 0 Å². The number of rotatable bonds is 4. The third-order valence-corrected chi connectivity index (χ3v) is 4.53. The van der Waals surface area contributed by atoms with Crippen LogP contribution in [0.3, 0.4) is 0 Å². The van der Waals surface area contributed by atoms with Gasteiger partial charge in [-0.15, -0.1) is 0 Å². The summed E-state index contributed by atoms with van der Waals surface area (Å²) in [7, 11) is 0. The number of carbonyl (C=O) groups excluding carboxylic acids is 1. The normalized spacial score (nSPS) is 12.1. The first-order valence-electron chi connectivity index (χ1n) is 7.54. The zero-order valence-electron chi connectivity index (χ0n) is 13.1. The van der Waals surface area contributed by atoms with E-state index in [0.717, 1.165) is 10.0 Å². The summed E-state index contributed by atoms with van der Waals surface area (Å²) in [6, 6.07) is 14.8. The molecule has 1 atom stereocenters. The van der Waals surface area contributed by atoms with Gasteiger partial charge in [-0.3, -0.25) is 14.2 Å². The van der Waals surface area contributed by atoms with Gasteiger partial charge in [0.25, 0.3) is 5.56 Å². The monoisotopic (exact) mass is 385 g/mol. The van der Waals surface area contributed by atoms with E-state index in [1.165, 1.54) is 10.8 Å². The molecule has 1 aromatic heterocycles. The van der Waals surface area contributed by atoms with Gasteiger partial charge in [-0.05, 0) is 30.7 Å². The largest absolute Gasteiger partial charge is 0.348 e. The van der Waals surface area contributed by atoms with Crippen molar-refractivity contribution in [3.63, 3.8) is 0 Å². The highest BCUT2D eigenvalue weighted by Gasteiger charge is 2.14. The van der Waals surface area contributed by atoms with Crippen molar-refractivity contribution in [1.82, 2.24) is 14.9 Å². The maximum atomic E-state index is 12.4. The SMILES string of the molecule is CC(NC(=O)Cn1c(=O)cnc2ccccc21)c1ccccc1Br. The van der Waals surface area contributed by atoms with E-state index in [1.807, 2.05) is 49.4 Å². The van der Waals surface area contributed by atoms with Gasteiger partial charge >= 0.3 is 0 Å². The van der Waals surface area contributed by atoms with Gasteiger partial charge in [0.1, 0.15) is 6.54 Å². The maximum absolute atomic E-state index is 12.4. The molecule has 1 heterocycles. The third kappa shape index (κ3) is 3.38. The fraction of sp³-hybridized carbons (Fsp3) is 0.167. The lowest BCUT2D eigenvalue weighted by atomic mass is 10.1. The van der Waals surface area contributed by atoms with Crippen LogP contribution in [0.1, 0.15) is 18.5 Å². The summed E-state index contributed by atoms with van der Waals surface area (Å²) in [5.41, 5.74) is 2.02. The smallest absolute Gasteiger partial charge is 0.269 e. The van der Waals surface area contributed by atoms with Crippen molar-refractivity contribution >= 4 is 32.9 Å². The van der Waals surface area contributed by atoms with Crippen molar-refractivity contribution in [2.45, 2.75) is 19.5 Å². The summed E-state index contributed by atoms with van der Waals surface area (Å²) in [6.07, 6.45) is 1.24. The molecule has 0 aliphatic rings. The standard InChI is InChI=1S/C18H16BrN3O2/c1-12(13-6-2-3-7-14(13)19)21-17(23)11-22-16-9-5-4-8-15(16)20-10-18(22)24/h2-10,12H,11H2,1H3,(H,21,23). The molecule has 1 N–H and O–H groups in total. The summed E-state index contributed by atoms with van der Waals surface area (Å²) in [4.78, 5) is 28.6. The van der Waals surface area contributed by atoms with Gasteiger partial charge in [-0.2, -0.15) is 0 Å². The number of hydrogen-bond donors (Lipinski definition) is 1. The molecule has 5 nitrogen and oxygen atoms in total. The molecular formula is C18H16BrN3O2. The Morgan fingerprint density at radius 1 is 1.21 bits per heavy atom. The molecule has 3 rings (SSSR count). The van der Waals surface area contributed by atoms with Gasteiger partial charge in [0.2, 0.25) is 5.91 Å². The van der Waals surface area contributed by atoms with E-state index in [4.69, 9.17) is 0 Å². The Hall–Kier alpha value is -2.47. The summed E-state index contributed by atoms with van der Waals surface area (Å²) in [6.45, 7) is 1.86. The zero-order chi connectivity index (χ0) is 17.1. The summed E-state index contributed by atoms with van der Waals surface area (Å²) >= 11 is 3.48. The number of carbonyl (C=O) groups is 1. The first-order chi connectivity index (χ1) is 11.6. The van der Waals surface area contributed by atoms with E-state index in [1.54, 1.807) is 6.07 Å². The van der Waals surface area contributed by atoms with Gasteiger partial charge < -0.3 is 5.32 Å². The fourth-order valence-electron chi connectivity index (χ4n) is 2.61. The molecule has 1 unspecified atom stereocenters. The molecular weight excluding hydrogens is 370 g/mol. The first kappa shape index (κ1) is 16.4. The second-order valence-corrected chi connectivity index (χ2v) is 6.34. The number of halogens is 1. The predicted octanol–water partition coefficient (Wildman–Crippen LogP) is 3.04. The topological polar surface area (TPSA) is 64.0 Å². The van der Waals surface area contributed by atoms with Crippen LogP contribution in [0, 0.1) is 0 Å². The zero-order valence-corrected chi connectivity index (χ0v) is 14.7. The Morgan fingerprint density at radius 2 is 1.92 bits per heavy atom. The molecule has 24 heavy (non-hydrogen) atoms. The summed E-state index contributed by atoms with van der Waals surface area (Å²) in [5.74, 6) is -0.225. The van der Waals surface area contributed by atoms with E-state index < -0.39 is 0 Å².